The molecule has 1 aliphatic heterocycles. The van der Waals surface area contributed by atoms with E-state index in [2.05, 4.69) is 37.6 Å². The van der Waals surface area contributed by atoms with Crippen LogP contribution in [0.2, 0.25) is 0 Å². The van der Waals surface area contributed by atoms with Crippen molar-refractivity contribution in [3.8, 4) is 0 Å². The molecule has 1 aliphatic rings. The molecule has 2 heterocycles. The number of carbonyl (C=O) groups excluding carboxylic acids is 2. The fourth-order valence-electron chi connectivity index (χ4n) is 3.18. The van der Waals surface area contributed by atoms with E-state index in [4.69, 9.17) is 0 Å². The number of carbonyl (C=O) groups is 2. The smallest absolute Gasteiger partial charge is 0.227 e. The van der Waals surface area contributed by atoms with Crippen LogP contribution in [0.3, 0.4) is 0 Å². The van der Waals surface area contributed by atoms with Gasteiger partial charge in [-0.05, 0) is 54.7 Å². The van der Waals surface area contributed by atoms with E-state index in [-0.39, 0.29) is 30.2 Å². The van der Waals surface area contributed by atoms with Crippen molar-refractivity contribution in [1.29, 1.82) is 0 Å². The highest BCUT2D eigenvalue weighted by Gasteiger charge is 2.35. The number of amides is 2. The van der Waals surface area contributed by atoms with Crippen molar-refractivity contribution in [2.45, 2.75) is 12.5 Å². The SMILES string of the molecule is CN(C)C(CNC(=O)C1CC(=O)N(c2cccc(Br)c2)C1)c1ccsc1. The highest BCUT2D eigenvalue weighted by atomic mass is 79.9. The van der Waals surface area contributed by atoms with Crippen LogP contribution in [-0.2, 0) is 9.59 Å². The van der Waals surface area contributed by atoms with Crippen molar-refractivity contribution in [3.63, 3.8) is 0 Å². The first kappa shape index (κ1) is 19.1. The topological polar surface area (TPSA) is 52.7 Å². The summed E-state index contributed by atoms with van der Waals surface area (Å²) in [7, 11) is 4.01. The van der Waals surface area contributed by atoms with Gasteiger partial charge in [0.05, 0.1) is 12.0 Å². The number of thiophene rings is 1. The molecule has 7 heteroatoms. The fourth-order valence-corrected chi connectivity index (χ4v) is 4.28. The molecular weight excluding hydrogens is 414 g/mol. The summed E-state index contributed by atoms with van der Waals surface area (Å²) in [6.07, 6.45) is 0.253. The summed E-state index contributed by atoms with van der Waals surface area (Å²) in [6.45, 7) is 0.955. The maximum Gasteiger partial charge on any atom is 0.227 e. The molecule has 3 rings (SSSR count). The second-order valence-electron chi connectivity index (χ2n) is 6.67. The number of hydrogen-bond donors (Lipinski definition) is 1. The average Bonchev–Trinajstić information content (AvgIpc) is 3.24. The summed E-state index contributed by atoms with van der Waals surface area (Å²) in [4.78, 5) is 28.8. The highest BCUT2D eigenvalue weighted by molar-refractivity contribution is 9.10. The normalized spacial score (nSPS) is 18.4. The van der Waals surface area contributed by atoms with Crippen LogP contribution in [0.1, 0.15) is 18.0 Å². The maximum absolute atomic E-state index is 12.6. The Morgan fingerprint density at radius 1 is 1.42 bits per heavy atom. The number of nitrogens with one attached hydrogen (secondary N) is 1. The van der Waals surface area contributed by atoms with E-state index in [9.17, 15) is 9.59 Å². The van der Waals surface area contributed by atoms with Crippen molar-refractivity contribution < 1.29 is 9.59 Å². The molecule has 138 valence electrons. The molecule has 1 aromatic carbocycles. The summed E-state index contributed by atoms with van der Waals surface area (Å²) in [6, 6.07) is 9.81. The Hall–Kier alpha value is -1.70. The van der Waals surface area contributed by atoms with Crippen molar-refractivity contribution in [2.24, 2.45) is 5.92 Å². The minimum atomic E-state index is -0.313. The number of likely N-dealkylation sites (N-methyl/N-ethyl adjacent to an activating group) is 1. The second-order valence-corrected chi connectivity index (χ2v) is 8.36. The number of rotatable bonds is 6. The van der Waals surface area contributed by atoms with Gasteiger partial charge in [-0.3, -0.25) is 9.59 Å². The lowest BCUT2D eigenvalue weighted by Gasteiger charge is -2.24. The average molecular weight is 436 g/mol. The Balaban J connectivity index is 1.61. The zero-order valence-electron chi connectivity index (χ0n) is 14.8. The number of hydrogen-bond acceptors (Lipinski definition) is 4. The Morgan fingerprint density at radius 2 is 2.23 bits per heavy atom. The maximum atomic E-state index is 12.6. The van der Waals surface area contributed by atoms with Crippen LogP contribution < -0.4 is 10.2 Å². The van der Waals surface area contributed by atoms with Crippen molar-refractivity contribution in [3.05, 3.63) is 51.1 Å². The van der Waals surface area contributed by atoms with Gasteiger partial charge >= 0.3 is 0 Å². The van der Waals surface area contributed by atoms with Crippen LogP contribution in [0, 0.1) is 5.92 Å². The van der Waals surface area contributed by atoms with Gasteiger partial charge in [-0.25, -0.2) is 0 Å². The third kappa shape index (κ3) is 4.34. The summed E-state index contributed by atoms with van der Waals surface area (Å²) in [5, 5.41) is 7.18. The number of benzene rings is 1. The van der Waals surface area contributed by atoms with Gasteiger partial charge in [0.25, 0.3) is 0 Å². The largest absolute Gasteiger partial charge is 0.354 e. The van der Waals surface area contributed by atoms with Crippen LogP contribution in [0.15, 0.2) is 45.6 Å². The molecule has 5 nitrogen and oxygen atoms in total. The first-order valence-electron chi connectivity index (χ1n) is 8.48. The molecule has 0 saturated carbocycles. The van der Waals surface area contributed by atoms with Gasteiger partial charge in [0.2, 0.25) is 11.8 Å². The van der Waals surface area contributed by atoms with Gasteiger partial charge in [0.15, 0.2) is 0 Å². The summed E-state index contributed by atoms with van der Waals surface area (Å²) in [5.41, 5.74) is 2.02. The quantitative estimate of drug-likeness (QED) is 0.757. The molecular formula is C19H22BrN3O2S. The molecule has 1 fully saturated rings. The van der Waals surface area contributed by atoms with E-state index < -0.39 is 0 Å². The lowest BCUT2D eigenvalue weighted by molar-refractivity contribution is -0.126. The third-order valence-corrected chi connectivity index (χ3v) is 5.83. The molecule has 1 aromatic heterocycles. The molecule has 2 amide bonds. The minimum absolute atomic E-state index is 0.00903. The second kappa shape index (κ2) is 8.33. The van der Waals surface area contributed by atoms with Gasteiger partial charge in [0.1, 0.15) is 0 Å². The van der Waals surface area contributed by atoms with Gasteiger partial charge < -0.3 is 15.1 Å². The van der Waals surface area contributed by atoms with E-state index in [0.717, 1.165) is 10.2 Å². The Bertz CT molecular complexity index is 779. The van der Waals surface area contributed by atoms with Gasteiger partial charge in [0, 0.05) is 29.7 Å². The number of halogens is 1. The summed E-state index contributed by atoms with van der Waals surface area (Å²) in [5.74, 6) is -0.380. The zero-order chi connectivity index (χ0) is 18.7. The standard InChI is InChI=1S/C19H22BrN3O2S/c1-22(2)17(13-6-7-26-12-13)10-21-19(25)14-8-18(24)23(11-14)16-5-3-4-15(20)9-16/h3-7,9,12,14,17H,8,10-11H2,1-2H3,(H,21,25). The molecule has 1 N–H and O–H groups in total. The van der Waals surface area contributed by atoms with E-state index in [1.54, 1.807) is 16.2 Å². The summed E-state index contributed by atoms with van der Waals surface area (Å²) >= 11 is 5.08. The molecule has 0 bridgehead atoms. The lowest BCUT2D eigenvalue weighted by Crippen LogP contribution is -2.38. The minimum Gasteiger partial charge on any atom is -0.354 e. The van der Waals surface area contributed by atoms with E-state index >= 15 is 0 Å². The molecule has 2 aromatic rings. The predicted octanol–water partition coefficient (Wildman–Crippen LogP) is 3.28. The van der Waals surface area contributed by atoms with Crippen LogP contribution >= 0.6 is 27.3 Å². The van der Waals surface area contributed by atoms with Crippen LogP contribution in [0.4, 0.5) is 5.69 Å². The first-order valence-corrected chi connectivity index (χ1v) is 10.2. The molecule has 0 aliphatic carbocycles. The van der Waals surface area contributed by atoms with E-state index in [1.807, 2.05) is 43.7 Å². The summed E-state index contributed by atoms with van der Waals surface area (Å²) < 4.78 is 0.917. The van der Waals surface area contributed by atoms with Crippen LogP contribution in [0.25, 0.3) is 0 Å². The van der Waals surface area contributed by atoms with E-state index in [1.165, 1.54) is 5.56 Å². The molecule has 26 heavy (non-hydrogen) atoms. The molecule has 0 radical (unpaired) electrons. The van der Waals surface area contributed by atoms with Crippen molar-refractivity contribution >= 4 is 44.8 Å². The van der Waals surface area contributed by atoms with E-state index in [0.29, 0.717) is 13.1 Å². The lowest BCUT2D eigenvalue weighted by atomic mass is 10.1. The Kier molecular flexibility index (Phi) is 6.11. The van der Waals surface area contributed by atoms with Gasteiger partial charge in [-0.1, -0.05) is 22.0 Å². The predicted molar refractivity (Wildman–Crippen MR) is 108 cm³/mol. The Morgan fingerprint density at radius 3 is 2.88 bits per heavy atom. The van der Waals surface area contributed by atoms with Crippen LogP contribution in [0.5, 0.6) is 0 Å². The highest BCUT2D eigenvalue weighted by Crippen LogP contribution is 2.27. The molecule has 0 spiro atoms. The first-order chi connectivity index (χ1) is 12.5. The third-order valence-electron chi connectivity index (χ3n) is 4.64. The van der Waals surface area contributed by atoms with Crippen molar-refractivity contribution in [1.82, 2.24) is 10.2 Å². The van der Waals surface area contributed by atoms with Gasteiger partial charge in [-0.2, -0.15) is 11.3 Å². The zero-order valence-corrected chi connectivity index (χ0v) is 17.2. The molecule has 1 saturated heterocycles. The number of anilines is 1. The fraction of sp³-hybridized carbons (Fsp3) is 0.368. The molecule has 2 unspecified atom stereocenters. The monoisotopic (exact) mass is 435 g/mol. The van der Waals surface area contributed by atoms with Crippen LogP contribution in [-0.4, -0.2) is 43.9 Å². The molecule has 2 atom stereocenters. The van der Waals surface area contributed by atoms with Gasteiger partial charge in [-0.15, -0.1) is 0 Å². The Labute approximate surface area is 166 Å². The van der Waals surface area contributed by atoms with Crippen molar-refractivity contribution in [2.75, 3.05) is 32.1 Å². The number of nitrogens with zero attached hydrogens (tertiary/aromatic N) is 2.